The molecule has 2 atom stereocenters. The second-order valence-corrected chi connectivity index (χ2v) is 7.40. The minimum atomic E-state index is 0.0175. The molecule has 1 N–H and O–H groups in total. The van der Waals surface area contributed by atoms with Crippen LogP contribution in [0.1, 0.15) is 48.7 Å². The van der Waals surface area contributed by atoms with Crippen LogP contribution in [0.25, 0.3) is 5.82 Å². The van der Waals surface area contributed by atoms with Gasteiger partial charge in [-0.3, -0.25) is 4.79 Å². The molecule has 27 heavy (non-hydrogen) atoms. The number of nitrogens with one attached hydrogen (secondary N) is 1. The molecule has 0 spiro atoms. The normalized spacial score (nSPS) is 24.0. The summed E-state index contributed by atoms with van der Waals surface area (Å²) in [6.45, 7) is 4.33. The molecule has 0 saturated carbocycles. The number of carbonyl (C=O) groups excluding carboxylic acids is 1. The fourth-order valence-electron chi connectivity index (χ4n) is 4.20. The summed E-state index contributed by atoms with van der Waals surface area (Å²) in [7, 11) is 1.91. The van der Waals surface area contributed by atoms with Crippen LogP contribution >= 0.6 is 0 Å². The summed E-state index contributed by atoms with van der Waals surface area (Å²) in [5.41, 5.74) is 1.38. The Bertz CT molecular complexity index is 806. The highest BCUT2D eigenvalue weighted by Crippen LogP contribution is 2.30. The van der Waals surface area contributed by atoms with Crippen molar-refractivity contribution in [2.24, 2.45) is 0 Å². The molecule has 2 aromatic rings. The molecule has 2 aliphatic rings. The van der Waals surface area contributed by atoms with E-state index in [1.54, 1.807) is 23.0 Å². The molecular formula is C19H26N6O2. The topological polar surface area (TPSA) is 85.2 Å². The van der Waals surface area contributed by atoms with Crippen LogP contribution in [0.3, 0.4) is 0 Å². The maximum absolute atomic E-state index is 13.1. The van der Waals surface area contributed by atoms with Crippen molar-refractivity contribution < 1.29 is 9.53 Å². The first-order valence-corrected chi connectivity index (χ1v) is 9.61. The SMILES string of the molecule is CCOc1ccc(-n2ncc(C(=O)N(C)C3CC4CCC(C3)N4)c2C)nn1. The minimum Gasteiger partial charge on any atom is -0.477 e. The average molecular weight is 370 g/mol. The molecule has 2 fully saturated rings. The zero-order valence-electron chi connectivity index (χ0n) is 16.1. The Balaban J connectivity index is 1.51. The molecule has 0 aliphatic carbocycles. The van der Waals surface area contributed by atoms with E-state index in [1.165, 1.54) is 12.8 Å². The molecule has 0 aromatic carbocycles. The van der Waals surface area contributed by atoms with Gasteiger partial charge in [0.2, 0.25) is 5.88 Å². The van der Waals surface area contributed by atoms with E-state index >= 15 is 0 Å². The van der Waals surface area contributed by atoms with Crippen LogP contribution in [0, 0.1) is 6.92 Å². The number of hydrogen-bond donors (Lipinski definition) is 1. The van der Waals surface area contributed by atoms with Crippen LogP contribution in [0.5, 0.6) is 5.88 Å². The Labute approximate surface area is 158 Å². The zero-order valence-corrected chi connectivity index (χ0v) is 16.1. The van der Waals surface area contributed by atoms with Crippen molar-refractivity contribution in [3.63, 3.8) is 0 Å². The number of hydrogen-bond acceptors (Lipinski definition) is 6. The first-order valence-electron chi connectivity index (χ1n) is 9.61. The van der Waals surface area contributed by atoms with Gasteiger partial charge in [-0.05, 0) is 45.6 Å². The fraction of sp³-hybridized carbons (Fsp3) is 0.579. The van der Waals surface area contributed by atoms with Gasteiger partial charge in [-0.1, -0.05) is 0 Å². The predicted molar refractivity (Wildman–Crippen MR) is 100 cm³/mol. The second kappa shape index (κ2) is 7.26. The first kappa shape index (κ1) is 17.9. The monoisotopic (exact) mass is 370 g/mol. The van der Waals surface area contributed by atoms with Crippen molar-refractivity contribution in [2.75, 3.05) is 13.7 Å². The van der Waals surface area contributed by atoms with Gasteiger partial charge in [0.25, 0.3) is 5.91 Å². The van der Waals surface area contributed by atoms with Crippen LogP contribution in [0.15, 0.2) is 18.3 Å². The molecule has 1 amide bonds. The molecule has 2 unspecified atom stereocenters. The van der Waals surface area contributed by atoms with Crippen LogP contribution in [-0.4, -0.2) is 62.6 Å². The minimum absolute atomic E-state index is 0.0175. The third-order valence-electron chi connectivity index (χ3n) is 5.69. The van der Waals surface area contributed by atoms with E-state index in [0.717, 1.165) is 18.5 Å². The van der Waals surface area contributed by atoms with Crippen molar-refractivity contribution >= 4 is 5.91 Å². The largest absolute Gasteiger partial charge is 0.477 e. The highest BCUT2D eigenvalue weighted by molar-refractivity contribution is 5.95. The van der Waals surface area contributed by atoms with Gasteiger partial charge < -0.3 is 15.0 Å². The summed E-state index contributed by atoms with van der Waals surface area (Å²) in [6, 6.07) is 4.93. The van der Waals surface area contributed by atoms with Gasteiger partial charge in [-0.25, -0.2) is 4.68 Å². The fourth-order valence-corrected chi connectivity index (χ4v) is 4.20. The lowest BCUT2D eigenvalue weighted by Gasteiger charge is -2.35. The standard InChI is InChI=1S/C19H26N6O2/c1-4-27-18-8-7-17(22-23-18)25-12(2)16(11-20-25)19(26)24(3)15-9-13-5-6-14(10-15)21-13/h7-8,11,13-15,21H,4-6,9-10H2,1-3H3. The van der Waals surface area contributed by atoms with Gasteiger partial charge >= 0.3 is 0 Å². The summed E-state index contributed by atoms with van der Waals surface area (Å²) in [4.78, 5) is 15.0. The van der Waals surface area contributed by atoms with E-state index in [0.29, 0.717) is 36.0 Å². The number of ether oxygens (including phenoxy) is 1. The second-order valence-electron chi connectivity index (χ2n) is 7.40. The Kier molecular flexibility index (Phi) is 4.82. The lowest BCUT2D eigenvalue weighted by atomic mass is 9.98. The van der Waals surface area contributed by atoms with E-state index in [1.807, 2.05) is 25.8 Å². The van der Waals surface area contributed by atoms with Crippen molar-refractivity contribution in [2.45, 2.75) is 57.7 Å². The van der Waals surface area contributed by atoms with Gasteiger partial charge in [-0.2, -0.15) is 5.10 Å². The highest BCUT2D eigenvalue weighted by Gasteiger charge is 2.37. The molecule has 0 radical (unpaired) electrons. The molecule has 2 aromatic heterocycles. The lowest BCUT2D eigenvalue weighted by Crippen LogP contribution is -2.48. The van der Waals surface area contributed by atoms with Gasteiger partial charge in [0, 0.05) is 31.2 Å². The molecular weight excluding hydrogens is 344 g/mol. The van der Waals surface area contributed by atoms with Crippen molar-refractivity contribution in [1.82, 2.24) is 30.2 Å². The van der Waals surface area contributed by atoms with Crippen LogP contribution in [-0.2, 0) is 0 Å². The number of fused-ring (bicyclic) bond motifs is 2. The van der Waals surface area contributed by atoms with Crippen molar-refractivity contribution in [3.05, 3.63) is 29.6 Å². The van der Waals surface area contributed by atoms with Gasteiger partial charge in [-0.15, -0.1) is 10.2 Å². The average Bonchev–Trinajstić information content (AvgIpc) is 3.23. The summed E-state index contributed by atoms with van der Waals surface area (Å²) in [5, 5.41) is 16.2. The molecule has 2 saturated heterocycles. The van der Waals surface area contributed by atoms with Gasteiger partial charge in [0.15, 0.2) is 5.82 Å². The molecule has 4 heterocycles. The Hall–Kier alpha value is -2.48. The Morgan fingerprint density at radius 3 is 2.67 bits per heavy atom. The molecule has 8 nitrogen and oxygen atoms in total. The summed E-state index contributed by atoms with van der Waals surface area (Å²) in [6.07, 6.45) is 6.11. The molecule has 8 heteroatoms. The number of rotatable bonds is 5. The zero-order chi connectivity index (χ0) is 19.0. The van der Waals surface area contributed by atoms with Crippen LogP contribution < -0.4 is 10.1 Å². The number of amides is 1. The van der Waals surface area contributed by atoms with Crippen molar-refractivity contribution in [3.8, 4) is 11.7 Å². The van der Waals surface area contributed by atoms with E-state index in [2.05, 4.69) is 20.6 Å². The number of carbonyl (C=O) groups is 1. The third kappa shape index (κ3) is 3.41. The van der Waals surface area contributed by atoms with Gasteiger partial charge in [0.1, 0.15) is 0 Å². The smallest absolute Gasteiger partial charge is 0.257 e. The first-order chi connectivity index (χ1) is 13.1. The summed E-state index contributed by atoms with van der Waals surface area (Å²) < 4.78 is 6.97. The maximum Gasteiger partial charge on any atom is 0.257 e. The quantitative estimate of drug-likeness (QED) is 0.863. The van der Waals surface area contributed by atoms with E-state index in [9.17, 15) is 4.79 Å². The number of nitrogens with zero attached hydrogens (tertiary/aromatic N) is 5. The van der Waals surface area contributed by atoms with E-state index in [4.69, 9.17) is 4.74 Å². The predicted octanol–water partition coefficient (Wildman–Crippen LogP) is 1.72. The Morgan fingerprint density at radius 1 is 1.30 bits per heavy atom. The van der Waals surface area contributed by atoms with Crippen LogP contribution in [0.4, 0.5) is 0 Å². The number of aromatic nitrogens is 4. The summed E-state index contributed by atoms with van der Waals surface area (Å²) in [5.74, 6) is 1.06. The van der Waals surface area contributed by atoms with Gasteiger partial charge in [0.05, 0.1) is 24.1 Å². The molecule has 144 valence electrons. The molecule has 4 rings (SSSR count). The molecule has 2 aliphatic heterocycles. The third-order valence-corrected chi connectivity index (χ3v) is 5.69. The maximum atomic E-state index is 13.1. The Morgan fingerprint density at radius 2 is 2.04 bits per heavy atom. The lowest BCUT2D eigenvalue weighted by molar-refractivity contribution is 0.0681. The number of piperidine rings is 1. The van der Waals surface area contributed by atoms with E-state index < -0.39 is 0 Å². The highest BCUT2D eigenvalue weighted by atomic mass is 16.5. The van der Waals surface area contributed by atoms with Crippen LogP contribution in [0.2, 0.25) is 0 Å². The summed E-state index contributed by atoms with van der Waals surface area (Å²) >= 11 is 0. The van der Waals surface area contributed by atoms with Crippen molar-refractivity contribution in [1.29, 1.82) is 0 Å². The van der Waals surface area contributed by atoms with E-state index in [-0.39, 0.29) is 11.9 Å². The molecule has 2 bridgehead atoms.